The van der Waals surface area contributed by atoms with Crippen LogP contribution in [0.1, 0.15) is 0 Å². The summed E-state index contributed by atoms with van der Waals surface area (Å²) in [6.45, 7) is 0. The summed E-state index contributed by atoms with van der Waals surface area (Å²) in [6.07, 6.45) is 0. The predicted molar refractivity (Wildman–Crippen MR) is 61.1 cm³/mol. The molecule has 0 fully saturated rings. The number of nitrogens with zero attached hydrogens (tertiary/aromatic N) is 1. The van der Waals surface area contributed by atoms with Crippen LogP contribution < -0.4 is 0 Å². The molecule has 0 saturated heterocycles. The minimum absolute atomic E-state index is 0.118. The van der Waals surface area contributed by atoms with Crippen molar-refractivity contribution in [2.45, 2.75) is 0 Å². The smallest absolute Gasteiger partial charge is 0.227 e. The Balaban J connectivity index is 2.23. The van der Waals surface area contributed by atoms with Crippen molar-refractivity contribution in [3.63, 3.8) is 0 Å². The van der Waals surface area contributed by atoms with E-state index in [4.69, 9.17) is 4.42 Å². The molecular weight excluding hydrogens is 202 g/mol. The lowest BCUT2D eigenvalue weighted by Crippen LogP contribution is -1.74. The van der Waals surface area contributed by atoms with Gasteiger partial charge in [-0.15, -0.1) is 0 Å². The highest BCUT2D eigenvalue weighted by molar-refractivity contribution is 5.81. The molecule has 0 unspecified atom stereocenters. The van der Waals surface area contributed by atoms with Gasteiger partial charge >= 0.3 is 0 Å². The number of aromatic nitrogens is 1. The van der Waals surface area contributed by atoms with E-state index in [1.54, 1.807) is 12.1 Å². The number of para-hydroxylation sites is 1. The lowest BCUT2D eigenvalue weighted by atomic mass is 10.2. The first-order valence-corrected chi connectivity index (χ1v) is 4.98. The molecule has 0 spiro atoms. The van der Waals surface area contributed by atoms with Crippen LogP contribution in [0.2, 0.25) is 0 Å². The van der Waals surface area contributed by atoms with Crippen LogP contribution in [-0.4, -0.2) is 10.1 Å². The second-order valence-corrected chi connectivity index (χ2v) is 3.51. The molecule has 0 amide bonds. The molecule has 0 radical (unpaired) electrons. The quantitative estimate of drug-likeness (QED) is 0.672. The van der Waals surface area contributed by atoms with Crippen LogP contribution in [0.4, 0.5) is 0 Å². The van der Waals surface area contributed by atoms with Crippen molar-refractivity contribution in [1.29, 1.82) is 0 Å². The van der Waals surface area contributed by atoms with Gasteiger partial charge in [0.25, 0.3) is 0 Å². The summed E-state index contributed by atoms with van der Waals surface area (Å²) < 4.78 is 5.52. The van der Waals surface area contributed by atoms with Gasteiger partial charge in [0.15, 0.2) is 11.3 Å². The highest BCUT2D eigenvalue weighted by Gasteiger charge is 2.09. The van der Waals surface area contributed by atoms with E-state index in [0.717, 1.165) is 5.56 Å². The Morgan fingerprint density at radius 2 is 1.75 bits per heavy atom. The minimum atomic E-state index is 0.118. The number of phenolic OH excluding ortho intramolecular Hbond substituents is 1. The minimum Gasteiger partial charge on any atom is -0.504 e. The number of aromatic hydroxyl groups is 1. The summed E-state index contributed by atoms with van der Waals surface area (Å²) in [5.41, 5.74) is 2.00. The van der Waals surface area contributed by atoms with Crippen molar-refractivity contribution >= 4 is 11.1 Å². The molecule has 16 heavy (non-hydrogen) atoms. The average molecular weight is 211 g/mol. The van der Waals surface area contributed by atoms with Crippen LogP contribution in [0, 0.1) is 0 Å². The lowest BCUT2D eigenvalue weighted by molar-refractivity contribution is 0.466. The van der Waals surface area contributed by atoms with Gasteiger partial charge in [-0.2, -0.15) is 0 Å². The zero-order chi connectivity index (χ0) is 11.0. The van der Waals surface area contributed by atoms with E-state index in [2.05, 4.69) is 4.98 Å². The largest absolute Gasteiger partial charge is 0.504 e. The van der Waals surface area contributed by atoms with Crippen molar-refractivity contribution in [3.8, 4) is 17.2 Å². The van der Waals surface area contributed by atoms with Crippen LogP contribution in [0.3, 0.4) is 0 Å². The predicted octanol–water partition coefficient (Wildman–Crippen LogP) is 3.20. The topological polar surface area (TPSA) is 46.3 Å². The number of benzene rings is 2. The van der Waals surface area contributed by atoms with E-state index < -0.39 is 0 Å². The third-order valence-corrected chi connectivity index (χ3v) is 2.41. The molecule has 1 N–H and O–H groups in total. The fourth-order valence-electron chi connectivity index (χ4n) is 1.64. The van der Waals surface area contributed by atoms with Crippen LogP contribution >= 0.6 is 0 Å². The molecule has 0 aliphatic heterocycles. The second-order valence-electron chi connectivity index (χ2n) is 3.51. The van der Waals surface area contributed by atoms with Gasteiger partial charge in [0.1, 0.15) is 5.52 Å². The lowest BCUT2D eigenvalue weighted by Gasteiger charge is -1.92. The van der Waals surface area contributed by atoms with Gasteiger partial charge < -0.3 is 9.52 Å². The van der Waals surface area contributed by atoms with E-state index in [9.17, 15) is 5.11 Å². The van der Waals surface area contributed by atoms with Gasteiger partial charge in [0.2, 0.25) is 5.89 Å². The van der Waals surface area contributed by atoms with Gasteiger partial charge in [-0.25, -0.2) is 4.98 Å². The van der Waals surface area contributed by atoms with Gasteiger partial charge in [-0.3, -0.25) is 0 Å². The average Bonchev–Trinajstić information content (AvgIpc) is 2.76. The summed E-state index contributed by atoms with van der Waals surface area (Å²) in [5, 5.41) is 9.60. The molecule has 3 rings (SSSR count). The van der Waals surface area contributed by atoms with Crippen LogP contribution in [0.15, 0.2) is 52.9 Å². The van der Waals surface area contributed by atoms with Crippen molar-refractivity contribution in [3.05, 3.63) is 48.5 Å². The summed E-state index contributed by atoms with van der Waals surface area (Å²) in [4.78, 5) is 4.32. The number of rotatable bonds is 1. The van der Waals surface area contributed by atoms with Gasteiger partial charge in [0, 0.05) is 5.56 Å². The molecule has 78 valence electrons. The molecule has 0 aliphatic rings. The molecule has 2 aromatic carbocycles. The van der Waals surface area contributed by atoms with Gasteiger partial charge in [0.05, 0.1) is 0 Å². The van der Waals surface area contributed by atoms with Crippen LogP contribution in [0.25, 0.3) is 22.6 Å². The molecule has 0 saturated carbocycles. The zero-order valence-corrected chi connectivity index (χ0v) is 8.42. The summed E-state index contributed by atoms with van der Waals surface area (Å²) in [6, 6.07) is 14.8. The molecule has 1 heterocycles. The van der Waals surface area contributed by atoms with Crippen LogP contribution in [0.5, 0.6) is 5.75 Å². The molecule has 0 bridgehead atoms. The first kappa shape index (κ1) is 8.97. The van der Waals surface area contributed by atoms with Crippen LogP contribution in [-0.2, 0) is 0 Å². The van der Waals surface area contributed by atoms with E-state index in [0.29, 0.717) is 17.0 Å². The maximum atomic E-state index is 9.60. The zero-order valence-electron chi connectivity index (χ0n) is 8.42. The Morgan fingerprint density at radius 3 is 2.50 bits per heavy atom. The second kappa shape index (κ2) is 3.38. The Bertz CT molecular complexity index is 629. The van der Waals surface area contributed by atoms with Crippen molar-refractivity contribution < 1.29 is 9.52 Å². The van der Waals surface area contributed by atoms with Gasteiger partial charge in [-0.05, 0) is 24.3 Å². The summed E-state index contributed by atoms with van der Waals surface area (Å²) >= 11 is 0. The molecule has 0 aliphatic carbocycles. The third kappa shape index (κ3) is 1.34. The monoisotopic (exact) mass is 211 g/mol. The molecule has 3 heteroatoms. The SMILES string of the molecule is Oc1cccc2nc(-c3ccccc3)oc12. The highest BCUT2D eigenvalue weighted by atomic mass is 16.4. The van der Waals surface area contributed by atoms with E-state index in [1.807, 2.05) is 36.4 Å². The number of phenols is 1. The maximum absolute atomic E-state index is 9.60. The van der Waals surface area contributed by atoms with Crippen molar-refractivity contribution in [2.75, 3.05) is 0 Å². The Labute approximate surface area is 92.0 Å². The fraction of sp³-hybridized carbons (Fsp3) is 0. The van der Waals surface area contributed by atoms with Crippen molar-refractivity contribution in [2.24, 2.45) is 0 Å². The molecule has 1 aromatic heterocycles. The van der Waals surface area contributed by atoms with Crippen molar-refractivity contribution in [1.82, 2.24) is 4.98 Å². The highest BCUT2D eigenvalue weighted by Crippen LogP contribution is 2.29. The molecule has 3 nitrogen and oxygen atoms in total. The Kier molecular flexibility index (Phi) is 1.90. The summed E-state index contributed by atoms with van der Waals surface area (Å²) in [5.74, 6) is 0.643. The number of hydrogen-bond acceptors (Lipinski definition) is 3. The fourth-order valence-corrected chi connectivity index (χ4v) is 1.64. The number of fused-ring (bicyclic) bond motifs is 1. The standard InChI is InChI=1S/C13H9NO2/c15-11-8-4-7-10-12(11)16-13(14-10)9-5-2-1-3-6-9/h1-8,15H. The van der Waals surface area contributed by atoms with E-state index in [-0.39, 0.29) is 5.75 Å². The normalized spacial score (nSPS) is 10.8. The Hall–Kier alpha value is -2.29. The first-order chi connectivity index (χ1) is 7.84. The van der Waals surface area contributed by atoms with Gasteiger partial charge in [-0.1, -0.05) is 24.3 Å². The Morgan fingerprint density at radius 1 is 0.938 bits per heavy atom. The number of hydrogen-bond donors (Lipinski definition) is 1. The molecule has 3 aromatic rings. The third-order valence-electron chi connectivity index (χ3n) is 2.41. The number of oxazole rings is 1. The first-order valence-electron chi connectivity index (χ1n) is 4.98. The maximum Gasteiger partial charge on any atom is 0.227 e. The summed E-state index contributed by atoms with van der Waals surface area (Å²) in [7, 11) is 0. The van der Waals surface area contributed by atoms with E-state index in [1.165, 1.54) is 0 Å². The molecule has 0 atom stereocenters. The molecular formula is C13H9NO2. The van der Waals surface area contributed by atoms with E-state index >= 15 is 0 Å².